The Kier molecular flexibility index (Phi) is 4.90. The van der Waals surface area contributed by atoms with Gasteiger partial charge in [0.05, 0.1) is 27.5 Å². The Morgan fingerprint density at radius 1 is 1.00 bits per heavy atom. The Balaban J connectivity index is 1.68. The van der Waals surface area contributed by atoms with Crippen LogP contribution in [0.2, 0.25) is 0 Å². The lowest BCUT2D eigenvalue weighted by atomic mass is 10.2. The molecule has 0 saturated heterocycles. The average molecular weight is 391 g/mol. The van der Waals surface area contributed by atoms with E-state index >= 15 is 0 Å². The highest BCUT2D eigenvalue weighted by atomic mass is 16.5. The van der Waals surface area contributed by atoms with Crippen LogP contribution >= 0.6 is 0 Å². The average Bonchev–Trinajstić information content (AvgIpc) is 3.11. The number of anilines is 1. The van der Waals surface area contributed by atoms with Gasteiger partial charge in [-0.25, -0.2) is 9.97 Å². The molecule has 8 heteroatoms. The quantitative estimate of drug-likeness (QED) is 0.383. The number of nitrogens with zero attached hydrogens (tertiary/aromatic N) is 3. The third-order valence-electron chi connectivity index (χ3n) is 4.65. The molecule has 0 atom stereocenters. The van der Waals surface area contributed by atoms with Crippen molar-refractivity contribution in [1.29, 1.82) is 0 Å². The number of nitrogens with one attached hydrogen (secondary N) is 2. The van der Waals surface area contributed by atoms with Crippen molar-refractivity contribution in [3.63, 3.8) is 0 Å². The van der Waals surface area contributed by atoms with E-state index in [1.165, 1.54) is 11.9 Å². The maximum Gasteiger partial charge on any atom is 0.203 e. The number of ether oxygens (including phenoxy) is 3. The molecule has 2 heterocycles. The predicted octanol–water partition coefficient (Wildman–Crippen LogP) is 3.89. The fourth-order valence-corrected chi connectivity index (χ4v) is 3.28. The molecular weight excluding hydrogens is 370 g/mol. The van der Waals surface area contributed by atoms with E-state index in [-0.39, 0.29) is 0 Å². The highest BCUT2D eigenvalue weighted by Gasteiger charge is 2.15. The van der Waals surface area contributed by atoms with Crippen LogP contribution in [0.1, 0.15) is 11.1 Å². The van der Waals surface area contributed by atoms with Gasteiger partial charge in [0.2, 0.25) is 5.75 Å². The monoisotopic (exact) mass is 391 g/mol. The number of hydrazone groups is 1. The van der Waals surface area contributed by atoms with Crippen molar-refractivity contribution in [3.05, 3.63) is 47.8 Å². The molecule has 0 aliphatic carbocycles. The predicted molar refractivity (Wildman–Crippen MR) is 113 cm³/mol. The Morgan fingerprint density at radius 2 is 1.83 bits per heavy atom. The molecule has 0 fully saturated rings. The first-order chi connectivity index (χ1) is 14.2. The van der Waals surface area contributed by atoms with E-state index in [4.69, 9.17) is 14.2 Å². The van der Waals surface area contributed by atoms with E-state index < -0.39 is 0 Å². The number of aromatic nitrogens is 3. The van der Waals surface area contributed by atoms with Crippen LogP contribution < -0.4 is 19.6 Å². The molecule has 2 aromatic carbocycles. The molecule has 0 bridgehead atoms. The van der Waals surface area contributed by atoms with Crippen LogP contribution in [-0.4, -0.2) is 42.5 Å². The fraction of sp³-hybridized carbons (Fsp3) is 0.190. The van der Waals surface area contributed by atoms with Gasteiger partial charge in [-0.2, -0.15) is 5.10 Å². The topological polar surface area (TPSA) is 93.7 Å². The summed E-state index contributed by atoms with van der Waals surface area (Å²) in [4.78, 5) is 12.1. The number of methoxy groups -OCH3 is 3. The van der Waals surface area contributed by atoms with Gasteiger partial charge in [0.25, 0.3) is 0 Å². The molecule has 2 aromatic heterocycles. The first-order valence-electron chi connectivity index (χ1n) is 8.97. The highest BCUT2D eigenvalue weighted by Crippen LogP contribution is 2.39. The van der Waals surface area contributed by atoms with Crippen molar-refractivity contribution in [2.24, 2.45) is 5.10 Å². The second kappa shape index (κ2) is 7.67. The summed E-state index contributed by atoms with van der Waals surface area (Å²) in [6.07, 6.45) is 3.16. The molecule has 0 amide bonds. The molecule has 0 spiro atoms. The van der Waals surface area contributed by atoms with Gasteiger partial charge in [-0.3, -0.25) is 5.43 Å². The lowest BCUT2D eigenvalue weighted by molar-refractivity contribution is 0.324. The zero-order valence-electron chi connectivity index (χ0n) is 16.6. The molecule has 4 rings (SSSR count). The lowest BCUT2D eigenvalue weighted by Crippen LogP contribution is -2.00. The third-order valence-corrected chi connectivity index (χ3v) is 4.65. The fourth-order valence-electron chi connectivity index (χ4n) is 3.28. The largest absolute Gasteiger partial charge is 0.493 e. The Bertz CT molecular complexity index is 1220. The normalized spacial score (nSPS) is 11.3. The van der Waals surface area contributed by atoms with Gasteiger partial charge < -0.3 is 19.2 Å². The van der Waals surface area contributed by atoms with Crippen LogP contribution in [0.3, 0.4) is 0 Å². The second-order valence-corrected chi connectivity index (χ2v) is 6.41. The molecule has 4 aromatic rings. The smallest absolute Gasteiger partial charge is 0.203 e. The molecule has 0 aliphatic heterocycles. The van der Waals surface area contributed by atoms with Gasteiger partial charge in [0.1, 0.15) is 17.4 Å². The molecule has 29 heavy (non-hydrogen) atoms. The number of rotatable bonds is 6. The number of aryl methyl sites for hydroxylation is 1. The number of benzene rings is 2. The van der Waals surface area contributed by atoms with Gasteiger partial charge in [-0.15, -0.1) is 0 Å². The maximum absolute atomic E-state index is 5.48. The van der Waals surface area contributed by atoms with Gasteiger partial charge >= 0.3 is 0 Å². The Labute approximate surface area is 167 Å². The van der Waals surface area contributed by atoms with E-state index in [9.17, 15) is 0 Å². The van der Waals surface area contributed by atoms with Crippen LogP contribution in [0.5, 0.6) is 17.2 Å². The maximum atomic E-state index is 5.48. The summed E-state index contributed by atoms with van der Waals surface area (Å²) < 4.78 is 16.2. The van der Waals surface area contributed by atoms with Gasteiger partial charge in [0, 0.05) is 16.5 Å². The van der Waals surface area contributed by atoms with E-state index in [0.717, 1.165) is 27.5 Å². The first kappa shape index (κ1) is 18.5. The number of aromatic amines is 1. The summed E-state index contributed by atoms with van der Waals surface area (Å²) in [5.74, 6) is 2.21. The van der Waals surface area contributed by atoms with Crippen LogP contribution in [0.15, 0.2) is 41.8 Å². The molecule has 8 nitrogen and oxygen atoms in total. The molecule has 0 aliphatic rings. The van der Waals surface area contributed by atoms with Gasteiger partial charge in [-0.05, 0) is 31.2 Å². The zero-order chi connectivity index (χ0) is 20.4. The van der Waals surface area contributed by atoms with Gasteiger partial charge in [-0.1, -0.05) is 11.6 Å². The van der Waals surface area contributed by atoms with E-state index in [0.29, 0.717) is 23.1 Å². The Morgan fingerprint density at radius 3 is 2.59 bits per heavy atom. The Hall–Kier alpha value is -3.81. The van der Waals surface area contributed by atoms with Crippen molar-refractivity contribution < 1.29 is 14.2 Å². The summed E-state index contributed by atoms with van der Waals surface area (Å²) in [6.45, 7) is 2.05. The summed E-state index contributed by atoms with van der Waals surface area (Å²) >= 11 is 0. The van der Waals surface area contributed by atoms with Crippen molar-refractivity contribution in [3.8, 4) is 17.2 Å². The SMILES string of the molecule is COc1ccc(/C=N\Nc2ncnc3c2[nH]c2ccc(C)cc23)c(OC)c1OC. The minimum Gasteiger partial charge on any atom is -0.493 e. The zero-order valence-corrected chi connectivity index (χ0v) is 16.6. The lowest BCUT2D eigenvalue weighted by Gasteiger charge is -2.13. The van der Waals surface area contributed by atoms with E-state index in [2.05, 4.69) is 44.5 Å². The van der Waals surface area contributed by atoms with E-state index in [1.807, 2.05) is 12.1 Å². The molecule has 0 saturated carbocycles. The number of hydrogen-bond donors (Lipinski definition) is 2. The van der Waals surface area contributed by atoms with Crippen molar-refractivity contribution in [2.45, 2.75) is 6.92 Å². The van der Waals surface area contributed by atoms with Crippen LogP contribution in [0.25, 0.3) is 21.9 Å². The van der Waals surface area contributed by atoms with Crippen LogP contribution in [0.4, 0.5) is 5.82 Å². The first-order valence-corrected chi connectivity index (χ1v) is 8.97. The number of hydrogen-bond acceptors (Lipinski definition) is 7. The minimum absolute atomic E-state index is 0.509. The number of H-pyrrole nitrogens is 1. The highest BCUT2D eigenvalue weighted by molar-refractivity contribution is 6.08. The molecule has 0 unspecified atom stereocenters. The summed E-state index contributed by atoms with van der Waals surface area (Å²) in [5.41, 5.74) is 7.53. The van der Waals surface area contributed by atoms with Crippen LogP contribution in [0, 0.1) is 6.92 Å². The van der Waals surface area contributed by atoms with Crippen molar-refractivity contribution in [2.75, 3.05) is 26.8 Å². The molecule has 148 valence electrons. The van der Waals surface area contributed by atoms with E-state index in [1.54, 1.807) is 33.6 Å². The standard InChI is InChI=1S/C21H21N5O3/c1-12-5-7-15-14(9-12)17-18(25-15)21(23-11-22-17)26-24-10-13-6-8-16(27-2)20(29-4)19(13)28-3/h5-11,25H,1-4H3,(H,22,23,26)/b24-10-. The molecular formula is C21H21N5O3. The summed E-state index contributed by atoms with van der Waals surface area (Å²) in [5, 5.41) is 5.38. The van der Waals surface area contributed by atoms with Crippen molar-refractivity contribution >= 4 is 34.0 Å². The summed E-state index contributed by atoms with van der Waals surface area (Å²) in [7, 11) is 4.71. The second-order valence-electron chi connectivity index (χ2n) is 6.41. The third kappa shape index (κ3) is 3.29. The van der Waals surface area contributed by atoms with Gasteiger partial charge in [0.15, 0.2) is 17.3 Å². The minimum atomic E-state index is 0.509. The van der Waals surface area contributed by atoms with Crippen molar-refractivity contribution in [1.82, 2.24) is 15.0 Å². The van der Waals surface area contributed by atoms with Crippen LogP contribution in [-0.2, 0) is 0 Å². The molecule has 2 N–H and O–H groups in total. The summed E-state index contributed by atoms with van der Waals surface area (Å²) in [6, 6.07) is 9.83. The molecule has 0 radical (unpaired) electrons. The number of fused-ring (bicyclic) bond motifs is 3.